The summed E-state index contributed by atoms with van der Waals surface area (Å²) in [5, 5.41) is 3.10. The third kappa shape index (κ3) is 3.33. The zero-order valence-corrected chi connectivity index (χ0v) is 10.9. The van der Waals surface area contributed by atoms with Crippen LogP contribution >= 0.6 is 0 Å². The lowest BCUT2D eigenvalue weighted by Gasteiger charge is -2.25. The van der Waals surface area contributed by atoms with Crippen molar-refractivity contribution < 1.29 is 9.53 Å². The molecule has 3 nitrogen and oxygen atoms in total. The summed E-state index contributed by atoms with van der Waals surface area (Å²) in [6.45, 7) is 0. The smallest absolute Gasteiger partial charge is 0.253 e. The van der Waals surface area contributed by atoms with Gasteiger partial charge in [0.2, 0.25) is 0 Å². The second-order valence-corrected chi connectivity index (χ2v) is 4.87. The Balaban J connectivity index is 1.97. The molecule has 1 N–H and O–H groups in total. The molecule has 1 aliphatic rings. The Bertz CT molecular complexity index is 371. The van der Waals surface area contributed by atoms with Crippen LogP contribution in [0.5, 0.6) is 0 Å². The topological polar surface area (TPSA) is 38.3 Å². The van der Waals surface area contributed by atoms with Gasteiger partial charge in [-0.3, -0.25) is 4.79 Å². The Kier molecular flexibility index (Phi) is 4.76. The molecular formula is C15H21NO2. The summed E-state index contributed by atoms with van der Waals surface area (Å²) in [7, 11) is 1.58. The van der Waals surface area contributed by atoms with Crippen LogP contribution in [0.4, 0.5) is 0 Å². The van der Waals surface area contributed by atoms with Crippen LogP contribution in [0.15, 0.2) is 30.3 Å². The first-order chi connectivity index (χ1) is 8.81. The maximum atomic E-state index is 12.2. The van der Waals surface area contributed by atoms with E-state index in [-0.39, 0.29) is 5.91 Å². The lowest BCUT2D eigenvalue weighted by Crippen LogP contribution is -2.39. The van der Waals surface area contributed by atoms with Crippen LogP contribution < -0.4 is 5.32 Å². The van der Waals surface area contributed by atoms with Gasteiger partial charge in [-0.25, -0.2) is 0 Å². The van der Waals surface area contributed by atoms with Crippen molar-refractivity contribution in [3.63, 3.8) is 0 Å². The van der Waals surface area contributed by atoms with Crippen molar-refractivity contribution in [2.45, 2.75) is 44.2 Å². The van der Waals surface area contributed by atoms with Gasteiger partial charge in [-0.1, -0.05) is 49.6 Å². The van der Waals surface area contributed by atoms with Crippen LogP contribution in [0.3, 0.4) is 0 Å². The summed E-state index contributed by atoms with van der Waals surface area (Å²) in [4.78, 5) is 12.2. The Morgan fingerprint density at radius 2 is 1.89 bits per heavy atom. The van der Waals surface area contributed by atoms with E-state index in [2.05, 4.69) is 5.32 Å². The number of nitrogens with one attached hydrogen (secondary N) is 1. The molecule has 1 unspecified atom stereocenters. The number of benzene rings is 1. The van der Waals surface area contributed by atoms with Crippen LogP contribution in [0.2, 0.25) is 0 Å². The minimum Gasteiger partial charge on any atom is -0.367 e. The second-order valence-electron chi connectivity index (χ2n) is 4.87. The van der Waals surface area contributed by atoms with Gasteiger partial charge in [0, 0.05) is 13.2 Å². The minimum absolute atomic E-state index is 0.0180. The molecule has 1 aromatic rings. The van der Waals surface area contributed by atoms with Crippen molar-refractivity contribution in [3.8, 4) is 0 Å². The van der Waals surface area contributed by atoms with Gasteiger partial charge in [0.15, 0.2) is 6.10 Å². The number of carbonyl (C=O) groups is 1. The standard InChI is InChI=1S/C15H21NO2/c1-18-14(12-8-4-2-5-9-12)15(17)16-13-10-6-3-7-11-13/h2,4-5,8-9,13-14H,3,6-7,10-11H2,1H3,(H,16,17). The van der Waals surface area contributed by atoms with Gasteiger partial charge < -0.3 is 10.1 Å². The molecule has 0 spiro atoms. The largest absolute Gasteiger partial charge is 0.367 e. The van der Waals surface area contributed by atoms with Crippen molar-refractivity contribution in [3.05, 3.63) is 35.9 Å². The molecule has 0 radical (unpaired) electrons. The van der Waals surface area contributed by atoms with Crippen molar-refractivity contribution in [1.82, 2.24) is 5.32 Å². The predicted molar refractivity (Wildman–Crippen MR) is 71.2 cm³/mol. The Labute approximate surface area is 109 Å². The molecule has 1 fully saturated rings. The van der Waals surface area contributed by atoms with E-state index < -0.39 is 6.10 Å². The number of hydrogen-bond donors (Lipinski definition) is 1. The molecule has 1 aliphatic carbocycles. The molecular weight excluding hydrogens is 226 g/mol. The van der Waals surface area contributed by atoms with E-state index in [4.69, 9.17) is 4.74 Å². The molecule has 1 aromatic carbocycles. The van der Waals surface area contributed by atoms with E-state index in [0.29, 0.717) is 6.04 Å². The fourth-order valence-corrected chi connectivity index (χ4v) is 2.55. The maximum Gasteiger partial charge on any atom is 0.253 e. The molecule has 0 bridgehead atoms. The van der Waals surface area contributed by atoms with E-state index in [1.165, 1.54) is 19.3 Å². The summed E-state index contributed by atoms with van der Waals surface area (Å²) < 4.78 is 5.33. The Morgan fingerprint density at radius 3 is 2.50 bits per heavy atom. The van der Waals surface area contributed by atoms with E-state index in [9.17, 15) is 4.79 Å². The SMILES string of the molecule is COC(C(=O)NC1CCCCC1)c1ccccc1. The van der Waals surface area contributed by atoms with Gasteiger partial charge >= 0.3 is 0 Å². The molecule has 0 saturated heterocycles. The Morgan fingerprint density at radius 1 is 1.22 bits per heavy atom. The third-order valence-electron chi connectivity index (χ3n) is 3.53. The van der Waals surface area contributed by atoms with Crippen molar-refractivity contribution in [2.24, 2.45) is 0 Å². The van der Waals surface area contributed by atoms with Crippen LogP contribution in [-0.4, -0.2) is 19.1 Å². The zero-order chi connectivity index (χ0) is 12.8. The molecule has 2 rings (SSSR count). The highest BCUT2D eigenvalue weighted by Gasteiger charge is 2.23. The van der Waals surface area contributed by atoms with Crippen LogP contribution in [0.25, 0.3) is 0 Å². The normalized spacial score (nSPS) is 18.3. The van der Waals surface area contributed by atoms with Gasteiger partial charge in [-0.2, -0.15) is 0 Å². The summed E-state index contributed by atoms with van der Waals surface area (Å²) in [6.07, 6.45) is 5.42. The minimum atomic E-state index is -0.492. The fourth-order valence-electron chi connectivity index (χ4n) is 2.55. The van der Waals surface area contributed by atoms with Crippen molar-refractivity contribution in [2.75, 3.05) is 7.11 Å². The highest BCUT2D eigenvalue weighted by atomic mass is 16.5. The molecule has 1 atom stereocenters. The average molecular weight is 247 g/mol. The van der Waals surface area contributed by atoms with Gasteiger partial charge in [0.1, 0.15) is 0 Å². The molecule has 0 aromatic heterocycles. The molecule has 98 valence electrons. The second kappa shape index (κ2) is 6.55. The molecule has 0 aliphatic heterocycles. The first-order valence-corrected chi connectivity index (χ1v) is 6.69. The maximum absolute atomic E-state index is 12.2. The Hall–Kier alpha value is -1.35. The number of rotatable bonds is 4. The lowest BCUT2D eigenvalue weighted by atomic mass is 9.95. The number of carbonyl (C=O) groups excluding carboxylic acids is 1. The quantitative estimate of drug-likeness (QED) is 0.888. The average Bonchev–Trinajstić information content (AvgIpc) is 2.42. The monoisotopic (exact) mass is 247 g/mol. The lowest BCUT2D eigenvalue weighted by molar-refractivity contribution is -0.132. The molecule has 0 heterocycles. The fraction of sp³-hybridized carbons (Fsp3) is 0.533. The summed E-state index contributed by atoms with van der Waals surface area (Å²) in [6, 6.07) is 9.97. The third-order valence-corrected chi connectivity index (χ3v) is 3.53. The molecule has 1 amide bonds. The van der Waals surface area contributed by atoms with E-state index in [1.807, 2.05) is 30.3 Å². The number of ether oxygens (including phenoxy) is 1. The van der Waals surface area contributed by atoms with Gasteiger partial charge in [0.25, 0.3) is 5.91 Å². The molecule has 18 heavy (non-hydrogen) atoms. The summed E-state index contributed by atoms with van der Waals surface area (Å²) >= 11 is 0. The van der Waals surface area contributed by atoms with Crippen LogP contribution in [-0.2, 0) is 9.53 Å². The van der Waals surface area contributed by atoms with Crippen molar-refractivity contribution >= 4 is 5.91 Å². The predicted octanol–water partition coefficient (Wildman–Crippen LogP) is 2.82. The number of amides is 1. The van der Waals surface area contributed by atoms with Crippen LogP contribution in [0, 0.1) is 0 Å². The summed E-state index contributed by atoms with van der Waals surface area (Å²) in [5.74, 6) is -0.0180. The molecule has 1 saturated carbocycles. The van der Waals surface area contributed by atoms with Gasteiger partial charge in [-0.15, -0.1) is 0 Å². The number of methoxy groups -OCH3 is 1. The van der Waals surface area contributed by atoms with Crippen molar-refractivity contribution in [1.29, 1.82) is 0 Å². The van der Waals surface area contributed by atoms with Gasteiger partial charge in [-0.05, 0) is 18.4 Å². The highest BCUT2D eigenvalue weighted by Crippen LogP contribution is 2.20. The molecule has 3 heteroatoms. The van der Waals surface area contributed by atoms with E-state index in [1.54, 1.807) is 7.11 Å². The zero-order valence-electron chi connectivity index (χ0n) is 10.9. The summed E-state index contributed by atoms with van der Waals surface area (Å²) in [5.41, 5.74) is 0.910. The van der Waals surface area contributed by atoms with E-state index >= 15 is 0 Å². The van der Waals surface area contributed by atoms with Gasteiger partial charge in [0.05, 0.1) is 0 Å². The first kappa shape index (κ1) is 13.1. The van der Waals surface area contributed by atoms with Crippen LogP contribution in [0.1, 0.15) is 43.8 Å². The first-order valence-electron chi connectivity index (χ1n) is 6.69. The highest BCUT2D eigenvalue weighted by molar-refractivity contribution is 5.82. The number of hydrogen-bond acceptors (Lipinski definition) is 2. The van der Waals surface area contributed by atoms with E-state index in [0.717, 1.165) is 18.4 Å².